The lowest BCUT2D eigenvalue weighted by Gasteiger charge is -2.29. The summed E-state index contributed by atoms with van der Waals surface area (Å²) >= 11 is 0. The van der Waals surface area contributed by atoms with E-state index in [2.05, 4.69) is 15.3 Å². The number of hydrogen-bond donors (Lipinski definition) is 2. The maximum Gasteiger partial charge on any atom is 0.241 e. The molecule has 2 heterocycles. The highest BCUT2D eigenvalue weighted by Gasteiger charge is 2.15. The molecule has 1 aliphatic rings. The molecule has 1 amide bonds. The quantitative estimate of drug-likeness (QED) is 0.811. The number of carbonyl (C=O) groups is 1. The van der Waals surface area contributed by atoms with Crippen molar-refractivity contribution < 1.29 is 4.79 Å². The lowest BCUT2D eigenvalue weighted by atomic mass is 10.1. The predicted molar refractivity (Wildman–Crippen MR) is 74.5 cm³/mol. The highest BCUT2D eigenvalue weighted by molar-refractivity contribution is 5.75. The van der Waals surface area contributed by atoms with Crippen molar-refractivity contribution in [1.29, 1.82) is 0 Å². The summed E-state index contributed by atoms with van der Waals surface area (Å²) in [5, 5.41) is 7.00. The molecule has 6 heteroatoms. The molecule has 106 valence electrons. The summed E-state index contributed by atoms with van der Waals surface area (Å²) in [5.74, 6) is 0.418. The topological polar surface area (TPSA) is 76.2 Å². The van der Waals surface area contributed by atoms with Crippen LogP contribution < -0.4 is 11.1 Å². The fraction of sp³-hybridized carbons (Fsp3) is 0.692. The van der Waals surface area contributed by atoms with Crippen LogP contribution in [-0.2, 0) is 11.3 Å². The predicted octanol–water partition coefficient (Wildman–Crippen LogP) is 0.456. The van der Waals surface area contributed by atoms with Crippen LogP contribution in [0, 0.1) is 0 Å². The molecule has 1 atom stereocenters. The molecule has 1 saturated heterocycles. The Bertz CT molecular complexity index is 411. The van der Waals surface area contributed by atoms with E-state index in [1.807, 2.05) is 6.92 Å². The van der Waals surface area contributed by atoms with Gasteiger partial charge in [0.2, 0.25) is 5.91 Å². The maximum absolute atomic E-state index is 11.8. The Labute approximate surface area is 113 Å². The third kappa shape index (κ3) is 4.55. The second kappa shape index (κ2) is 6.56. The van der Waals surface area contributed by atoms with Crippen LogP contribution in [0.1, 0.15) is 26.2 Å². The number of anilines is 1. The van der Waals surface area contributed by atoms with Crippen molar-refractivity contribution in [2.75, 3.05) is 25.4 Å². The molecule has 1 fully saturated rings. The molecule has 0 spiro atoms. The van der Waals surface area contributed by atoms with E-state index >= 15 is 0 Å². The van der Waals surface area contributed by atoms with Crippen LogP contribution in [0.2, 0.25) is 0 Å². The summed E-state index contributed by atoms with van der Waals surface area (Å²) in [4.78, 5) is 14.3. The zero-order valence-corrected chi connectivity index (χ0v) is 11.5. The smallest absolute Gasteiger partial charge is 0.241 e. The van der Waals surface area contributed by atoms with E-state index in [-0.39, 0.29) is 18.5 Å². The normalized spacial score (nSPS) is 18.2. The number of rotatable bonds is 5. The molecule has 0 bridgehead atoms. The van der Waals surface area contributed by atoms with Crippen LogP contribution in [0.25, 0.3) is 0 Å². The molecule has 1 aliphatic heterocycles. The van der Waals surface area contributed by atoms with E-state index in [0.29, 0.717) is 5.82 Å². The molecular weight excluding hydrogens is 242 g/mol. The standard InChI is InChI=1S/C13H23N5O/c1-11(9-17-6-3-2-4-7-17)15-13(19)10-18-8-5-12(14)16-18/h5,8,11H,2-4,6-7,9-10H2,1H3,(H2,14,16)(H,15,19). The van der Waals surface area contributed by atoms with E-state index in [4.69, 9.17) is 5.73 Å². The van der Waals surface area contributed by atoms with Crippen molar-refractivity contribution in [2.24, 2.45) is 0 Å². The molecule has 0 radical (unpaired) electrons. The van der Waals surface area contributed by atoms with Crippen LogP contribution in [0.4, 0.5) is 5.82 Å². The monoisotopic (exact) mass is 265 g/mol. The molecular formula is C13H23N5O. The third-order valence-corrected chi connectivity index (χ3v) is 3.36. The van der Waals surface area contributed by atoms with Gasteiger partial charge in [0.25, 0.3) is 0 Å². The molecule has 1 unspecified atom stereocenters. The first-order valence-corrected chi connectivity index (χ1v) is 6.94. The van der Waals surface area contributed by atoms with Gasteiger partial charge in [0.15, 0.2) is 0 Å². The lowest BCUT2D eigenvalue weighted by molar-refractivity contribution is -0.122. The molecule has 2 rings (SSSR count). The summed E-state index contributed by atoms with van der Waals surface area (Å²) < 4.78 is 1.55. The van der Waals surface area contributed by atoms with Gasteiger partial charge in [-0.1, -0.05) is 6.42 Å². The number of hydrogen-bond acceptors (Lipinski definition) is 4. The number of piperidine rings is 1. The molecule has 1 aromatic rings. The zero-order chi connectivity index (χ0) is 13.7. The van der Waals surface area contributed by atoms with E-state index in [1.165, 1.54) is 19.3 Å². The molecule has 19 heavy (non-hydrogen) atoms. The second-order valence-corrected chi connectivity index (χ2v) is 5.27. The van der Waals surface area contributed by atoms with Gasteiger partial charge >= 0.3 is 0 Å². The van der Waals surface area contributed by atoms with Gasteiger partial charge < -0.3 is 16.0 Å². The first-order chi connectivity index (χ1) is 9.13. The number of amides is 1. The molecule has 0 aliphatic carbocycles. The summed E-state index contributed by atoms with van der Waals surface area (Å²) in [7, 11) is 0. The van der Waals surface area contributed by atoms with E-state index in [0.717, 1.165) is 19.6 Å². The Hall–Kier alpha value is -1.56. The van der Waals surface area contributed by atoms with E-state index in [9.17, 15) is 4.79 Å². The van der Waals surface area contributed by atoms with Crippen molar-refractivity contribution >= 4 is 11.7 Å². The Morgan fingerprint density at radius 1 is 1.47 bits per heavy atom. The summed E-state index contributed by atoms with van der Waals surface area (Å²) in [6.07, 6.45) is 5.59. The fourth-order valence-electron chi connectivity index (χ4n) is 2.51. The minimum absolute atomic E-state index is 0.0207. The van der Waals surface area contributed by atoms with Crippen molar-refractivity contribution in [3.8, 4) is 0 Å². The summed E-state index contributed by atoms with van der Waals surface area (Å²) in [5.41, 5.74) is 5.51. The van der Waals surface area contributed by atoms with Gasteiger partial charge in [0, 0.05) is 18.8 Å². The van der Waals surface area contributed by atoms with Crippen LogP contribution in [0.3, 0.4) is 0 Å². The highest BCUT2D eigenvalue weighted by Crippen LogP contribution is 2.08. The largest absolute Gasteiger partial charge is 0.382 e. The SMILES string of the molecule is CC(CN1CCCCC1)NC(=O)Cn1ccc(N)n1. The van der Waals surface area contributed by atoms with Crippen molar-refractivity contribution in [2.45, 2.75) is 38.8 Å². The minimum atomic E-state index is -0.0207. The fourth-order valence-corrected chi connectivity index (χ4v) is 2.51. The number of likely N-dealkylation sites (tertiary alicyclic amines) is 1. The Balaban J connectivity index is 1.71. The van der Waals surface area contributed by atoms with Gasteiger partial charge in [0.1, 0.15) is 12.4 Å². The van der Waals surface area contributed by atoms with Crippen LogP contribution >= 0.6 is 0 Å². The number of nitrogens with one attached hydrogen (secondary N) is 1. The van der Waals surface area contributed by atoms with E-state index < -0.39 is 0 Å². The summed E-state index contributed by atoms with van der Waals surface area (Å²) in [6.45, 7) is 5.49. The first-order valence-electron chi connectivity index (χ1n) is 6.94. The zero-order valence-electron chi connectivity index (χ0n) is 11.5. The Kier molecular flexibility index (Phi) is 4.79. The number of nitrogens with zero attached hydrogens (tertiary/aromatic N) is 3. The van der Waals surface area contributed by atoms with Gasteiger partial charge in [-0.3, -0.25) is 9.48 Å². The molecule has 3 N–H and O–H groups in total. The molecule has 6 nitrogen and oxygen atoms in total. The third-order valence-electron chi connectivity index (χ3n) is 3.36. The minimum Gasteiger partial charge on any atom is -0.382 e. The Morgan fingerprint density at radius 3 is 2.84 bits per heavy atom. The molecule has 0 saturated carbocycles. The van der Waals surface area contributed by atoms with E-state index in [1.54, 1.807) is 16.9 Å². The van der Waals surface area contributed by atoms with Gasteiger partial charge in [-0.25, -0.2) is 0 Å². The highest BCUT2D eigenvalue weighted by atomic mass is 16.2. The average molecular weight is 265 g/mol. The van der Waals surface area contributed by atoms with Gasteiger partial charge in [-0.2, -0.15) is 5.10 Å². The van der Waals surface area contributed by atoms with Gasteiger partial charge in [-0.15, -0.1) is 0 Å². The second-order valence-electron chi connectivity index (χ2n) is 5.27. The Morgan fingerprint density at radius 2 is 2.21 bits per heavy atom. The number of nitrogens with two attached hydrogens (primary N) is 1. The van der Waals surface area contributed by atoms with Gasteiger partial charge in [-0.05, 0) is 38.9 Å². The number of nitrogen functional groups attached to an aromatic ring is 1. The van der Waals surface area contributed by atoms with Gasteiger partial charge in [0.05, 0.1) is 0 Å². The van der Waals surface area contributed by atoms with Crippen molar-refractivity contribution in [1.82, 2.24) is 20.0 Å². The number of carbonyl (C=O) groups excluding carboxylic acids is 1. The summed E-state index contributed by atoms with van der Waals surface area (Å²) in [6, 6.07) is 1.85. The molecule has 0 aromatic carbocycles. The first kappa shape index (κ1) is 13.9. The van der Waals surface area contributed by atoms with Crippen molar-refractivity contribution in [3.05, 3.63) is 12.3 Å². The molecule has 1 aromatic heterocycles. The lowest BCUT2D eigenvalue weighted by Crippen LogP contribution is -2.44. The van der Waals surface area contributed by atoms with Crippen LogP contribution in [0.15, 0.2) is 12.3 Å². The van der Waals surface area contributed by atoms with Crippen molar-refractivity contribution in [3.63, 3.8) is 0 Å². The van der Waals surface area contributed by atoms with Crippen LogP contribution in [-0.4, -0.2) is 46.3 Å². The maximum atomic E-state index is 11.8. The number of aromatic nitrogens is 2. The average Bonchev–Trinajstić information content (AvgIpc) is 2.75. The van der Waals surface area contributed by atoms with Crippen LogP contribution in [0.5, 0.6) is 0 Å².